The second kappa shape index (κ2) is 9.63. The molecule has 2 aromatic carbocycles. The molecule has 3 aromatic rings. The molecule has 0 spiro atoms. The fourth-order valence-corrected chi connectivity index (χ4v) is 6.26. The molecule has 7 heteroatoms. The van der Waals surface area contributed by atoms with Crippen LogP contribution in [-0.2, 0) is 17.9 Å². The Kier molecular flexibility index (Phi) is 6.55. The van der Waals surface area contributed by atoms with Gasteiger partial charge in [0, 0.05) is 36.6 Å². The van der Waals surface area contributed by atoms with E-state index in [0.717, 1.165) is 36.2 Å². The van der Waals surface area contributed by atoms with Crippen molar-refractivity contribution in [1.82, 2.24) is 19.7 Å². The zero-order valence-corrected chi connectivity index (χ0v) is 22.0. The Morgan fingerprint density at radius 1 is 1.09 bits per heavy atom. The number of amides is 2. The van der Waals surface area contributed by atoms with E-state index in [1.54, 1.807) is 0 Å². The second-order valence-corrected chi connectivity index (χ2v) is 10.1. The van der Waals surface area contributed by atoms with Gasteiger partial charge in [-0.1, -0.05) is 36.4 Å². The van der Waals surface area contributed by atoms with Gasteiger partial charge in [-0.25, -0.2) is 0 Å². The minimum Gasteiger partial charge on any atom is -0.343 e. The number of likely N-dealkylation sites (N-methyl/N-ethyl adjacent to an activating group) is 1. The van der Waals surface area contributed by atoms with Crippen molar-refractivity contribution < 1.29 is 9.59 Å². The molecule has 2 unspecified atom stereocenters. The molecule has 2 atom stereocenters. The average Bonchev–Trinajstić information content (AvgIpc) is 3.15. The van der Waals surface area contributed by atoms with Crippen LogP contribution in [0, 0.1) is 5.92 Å². The number of halogens is 1. The van der Waals surface area contributed by atoms with Crippen molar-refractivity contribution in [2.75, 3.05) is 26.7 Å². The molecule has 2 aliphatic rings. The SMILES string of the molecule is CCN(CC)C(=O)C1C=C2c3cccc4c3c(c(Br)n4CNC(=O)c3ccccc3)CC2N(C)C1. The fraction of sp³-hybridized carbons (Fsp3) is 0.357. The van der Waals surface area contributed by atoms with Crippen LogP contribution in [0.1, 0.15) is 35.3 Å². The fourth-order valence-electron chi connectivity index (χ4n) is 5.58. The molecule has 0 radical (unpaired) electrons. The molecule has 182 valence electrons. The molecule has 1 aliphatic heterocycles. The summed E-state index contributed by atoms with van der Waals surface area (Å²) in [7, 11) is 2.12. The van der Waals surface area contributed by atoms with Crippen LogP contribution >= 0.6 is 15.9 Å². The average molecular weight is 535 g/mol. The molecule has 0 saturated heterocycles. The van der Waals surface area contributed by atoms with Crippen molar-refractivity contribution in [3.05, 3.63) is 75.9 Å². The third-order valence-corrected chi connectivity index (χ3v) is 8.32. The lowest BCUT2D eigenvalue weighted by atomic mass is 9.79. The number of carbonyl (C=O) groups is 2. The Bertz CT molecular complexity index is 1310. The zero-order valence-electron chi connectivity index (χ0n) is 20.4. The van der Waals surface area contributed by atoms with Crippen molar-refractivity contribution >= 4 is 44.2 Å². The minimum atomic E-state index is -0.140. The van der Waals surface area contributed by atoms with Gasteiger partial charge in [0.1, 0.15) is 0 Å². The first-order chi connectivity index (χ1) is 16.9. The Balaban J connectivity index is 1.52. The minimum absolute atomic E-state index is 0.0965. The number of benzene rings is 2. The monoisotopic (exact) mass is 534 g/mol. The number of aromatic nitrogens is 1. The zero-order chi connectivity index (χ0) is 24.7. The molecule has 6 nitrogen and oxygen atoms in total. The predicted octanol–water partition coefficient (Wildman–Crippen LogP) is 4.53. The summed E-state index contributed by atoms with van der Waals surface area (Å²) in [5, 5.41) is 4.27. The van der Waals surface area contributed by atoms with Crippen molar-refractivity contribution in [3.8, 4) is 0 Å². The molecule has 0 saturated carbocycles. The van der Waals surface area contributed by atoms with Crippen LogP contribution < -0.4 is 5.32 Å². The maximum atomic E-state index is 13.2. The van der Waals surface area contributed by atoms with Crippen LogP contribution in [0.4, 0.5) is 0 Å². The number of nitrogens with zero attached hydrogens (tertiary/aromatic N) is 3. The van der Waals surface area contributed by atoms with Crippen LogP contribution in [0.2, 0.25) is 0 Å². The van der Waals surface area contributed by atoms with E-state index < -0.39 is 0 Å². The quantitative estimate of drug-likeness (QED) is 0.505. The first kappa shape index (κ1) is 23.8. The highest BCUT2D eigenvalue weighted by atomic mass is 79.9. The molecule has 1 N–H and O–H groups in total. The van der Waals surface area contributed by atoms with E-state index in [-0.39, 0.29) is 23.8 Å². The molecule has 1 aromatic heterocycles. The van der Waals surface area contributed by atoms with Gasteiger partial charge in [-0.2, -0.15) is 0 Å². The normalized spacial score (nSPS) is 19.3. The number of fused-ring (bicyclic) bond motifs is 2. The summed E-state index contributed by atoms with van der Waals surface area (Å²) in [6.07, 6.45) is 3.08. The smallest absolute Gasteiger partial charge is 0.252 e. The summed E-state index contributed by atoms with van der Waals surface area (Å²) in [6, 6.07) is 15.8. The molecular formula is C28H31BrN4O2. The summed E-state index contributed by atoms with van der Waals surface area (Å²) < 4.78 is 3.13. The molecule has 5 rings (SSSR count). The van der Waals surface area contributed by atoms with Gasteiger partial charge in [0.05, 0.1) is 22.7 Å². The van der Waals surface area contributed by atoms with E-state index in [2.05, 4.69) is 62.0 Å². The van der Waals surface area contributed by atoms with Gasteiger partial charge >= 0.3 is 0 Å². The largest absolute Gasteiger partial charge is 0.343 e. The van der Waals surface area contributed by atoms with Crippen LogP contribution in [0.3, 0.4) is 0 Å². The lowest BCUT2D eigenvalue weighted by molar-refractivity contribution is -0.134. The highest BCUT2D eigenvalue weighted by Gasteiger charge is 2.38. The van der Waals surface area contributed by atoms with Crippen LogP contribution in [0.15, 0.2) is 59.2 Å². The standard InChI is InChI=1S/C28H31BrN4O2/c1-4-32(5-2)28(35)19-14-21-20-12-9-13-23-25(20)22(15-24(21)31(3)16-19)26(29)33(23)17-30-27(34)18-10-7-6-8-11-18/h6-14,19,24H,4-5,15-17H2,1-3H3,(H,30,34). The molecular weight excluding hydrogens is 504 g/mol. The lowest BCUT2D eigenvalue weighted by Crippen LogP contribution is -2.47. The van der Waals surface area contributed by atoms with Gasteiger partial charge in [-0.15, -0.1) is 0 Å². The van der Waals surface area contributed by atoms with Crippen LogP contribution in [0.5, 0.6) is 0 Å². The van der Waals surface area contributed by atoms with Gasteiger partial charge < -0.3 is 14.8 Å². The van der Waals surface area contributed by atoms with Crippen molar-refractivity contribution in [1.29, 1.82) is 0 Å². The van der Waals surface area contributed by atoms with E-state index in [4.69, 9.17) is 0 Å². The van der Waals surface area contributed by atoms with Crippen LogP contribution in [0.25, 0.3) is 16.5 Å². The summed E-state index contributed by atoms with van der Waals surface area (Å²) in [5.74, 6) is -0.0346. The maximum absolute atomic E-state index is 13.2. The molecule has 1 aliphatic carbocycles. The van der Waals surface area contributed by atoms with Crippen molar-refractivity contribution in [2.45, 2.75) is 33.0 Å². The second-order valence-electron chi connectivity index (χ2n) is 9.33. The Labute approximate surface area is 214 Å². The first-order valence-corrected chi connectivity index (χ1v) is 13.1. The molecule has 0 fully saturated rings. The van der Waals surface area contributed by atoms with E-state index in [0.29, 0.717) is 12.2 Å². The molecule has 35 heavy (non-hydrogen) atoms. The van der Waals surface area contributed by atoms with Crippen molar-refractivity contribution in [2.24, 2.45) is 5.92 Å². The van der Waals surface area contributed by atoms with Gasteiger partial charge in [0.2, 0.25) is 5.91 Å². The first-order valence-electron chi connectivity index (χ1n) is 12.3. The Morgan fingerprint density at radius 2 is 1.83 bits per heavy atom. The molecule has 0 bridgehead atoms. The van der Waals surface area contributed by atoms with Gasteiger partial charge in [-0.3, -0.25) is 14.5 Å². The maximum Gasteiger partial charge on any atom is 0.252 e. The summed E-state index contributed by atoms with van der Waals surface area (Å²) in [5.41, 5.74) is 5.41. The highest BCUT2D eigenvalue weighted by molar-refractivity contribution is 9.10. The third-order valence-electron chi connectivity index (χ3n) is 7.41. The van der Waals surface area contributed by atoms with Gasteiger partial charge in [0.25, 0.3) is 5.91 Å². The van der Waals surface area contributed by atoms with Gasteiger partial charge in [0.15, 0.2) is 0 Å². The van der Waals surface area contributed by atoms with E-state index in [1.165, 1.54) is 22.1 Å². The van der Waals surface area contributed by atoms with E-state index >= 15 is 0 Å². The number of nitrogens with one attached hydrogen (secondary N) is 1. The Morgan fingerprint density at radius 3 is 2.54 bits per heavy atom. The summed E-state index contributed by atoms with van der Waals surface area (Å²) in [6.45, 7) is 6.62. The summed E-state index contributed by atoms with van der Waals surface area (Å²) in [4.78, 5) is 30.1. The van der Waals surface area contributed by atoms with Crippen LogP contribution in [-0.4, -0.2) is 58.9 Å². The highest BCUT2D eigenvalue weighted by Crippen LogP contribution is 2.44. The Hall–Kier alpha value is -2.90. The molecule has 2 amide bonds. The molecule has 2 heterocycles. The number of hydrogen-bond acceptors (Lipinski definition) is 3. The number of rotatable bonds is 6. The number of hydrogen-bond donors (Lipinski definition) is 1. The number of carbonyl (C=O) groups excluding carboxylic acids is 2. The van der Waals surface area contributed by atoms with Gasteiger partial charge in [-0.05, 0) is 78.1 Å². The lowest BCUT2D eigenvalue weighted by Gasteiger charge is -2.40. The predicted molar refractivity (Wildman–Crippen MR) is 143 cm³/mol. The van der Waals surface area contributed by atoms with Crippen molar-refractivity contribution in [3.63, 3.8) is 0 Å². The van der Waals surface area contributed by atoms with E-state index in [9.17, 15) is 9.59 Å². The summed E-state index contributed by atoms with van der Waals surface area (Å²) >= 11 is 3.85. The van der Waals surface area contributed by atoms with E-state index in [1.807, 2.05) is 49.1 Å². The third kappa shape index (κ3) is 4.10. The topological polar surface area (TPSA) is 57.6 Å².